The number of piperidine rings is 1. The number of hydrogen-bond acceptors (Lipinski definition) is 5. The molecule has 1 N–H and O–H groups in total. The molecule has 3 heterocycles. The van der Waals surface area contributed by atoms with Crippen molar-refractivity contribution in [1.82, 2.24) is 8.87 Å². The molecule has 0 radical (unpaired) electrons. The summed E-state index contributed by atoms with van der Waals surface area (Å²) in [4.78, 5) is 24.5. The average Bonchev–Trinajstić information content (AvgIpc) is 2.55. The zero-order valence-corrected chi connectivity index (χ0v) is 15.2. The minimum absolute atomic E-state index is 0.00756. The van der Waals surface area contributed by atoms with Crippen LogP contribution in [-0.4, -0.2) is 56.3 Å². The number of carbonyl (C=O) groups excluding carboxylic acids is 1. The molecule has 0 aliphatic carbocycles. The van der Waals surface area contributed by atoms with Gasteiger partial charge in [0.05, 0.1) is 19.3 Å². The lowest BCUT2D eigenvalue weighted by Crippen LogP contribution is -2.49. The van der Waals surface area contributed by atoms with Gasteiger partial charge >= 0.3 is 0 Å². The van der Waals surface area contributed by atoms with Gasteiger partial charge in [0.15, 0.2) is 0 Å². The van der Waals surface area contributed by atoms with Crippen LogP contribution in [-0.2, 0) is 26.1 Å². The van der Waals surface area contributed by atoms with E-state index >= 15 is 0 Å². The molecular weight excluding hydrogens is 346 g/mol. The Bertz CT molecular complexity index is 833. The number of carbonyl (C=O) groups is 1. The molecule has 1 amide bonds. The van der Waals surface area contributed by atoms with Crippen LogP contribution < -0.4 is 10.9 Å². The largest absolute Gasteiger partial charge is 0.384 e. The third-order valence-electron chi connectivity index (χ3n) is 4.85. The van der Waals surface area contributed by atoms with Crippen LogP contribution in [0.4, 0.5) is 5.69 Å². The predicted molar refractivity (Wildman–Crippen MR) is 93.1 cm³/mol. The molecule has 9 heteroatoms. The van der Waals surface area contributed by atoms with Gasteiger partial charge < -0.3 is 14.6 Å². The van der Waals surface area contributed by atoms with Gasteiger partial charge in [0.25, 0.3) is 5.56 Å². The van der Waals surface area contributed by atoms with Crippen LogP contribution in [0.15, 0.2) is 16.9 Å². The molecule has 0 unspecified atom stereocenters. The zero-order valence-electron chi connectivity index (χ0n) is 14.4. The molecule has 2 atom stereocenters. The lowest BCUT2D eigenvalue weighted by molar-refractivity contribution is -0.117. The Labute approximate surface area is 146 Å². The highest BCUT2D eigenvalue weighted by Crippen LogP contribution is 2.36. The molecule has 1 aromatic heterocycles. The summed E-state index contributed by atoms with van der Waals surface area (Å²) < 4.78 is 31.8. The first-order chi connectivity index (χ1) is 11.8. The Balaban J connectivity index is 1.85. The first-order valence-corrected chi connectivity index (χ1v) is 10.1. The van der Waals surface area contributed by atoms with E-state index in [0.29, 0.717) is 26.2 Å². The van der Waals surface area contributed by atoms with Gasteiger partial charge in [0.1, 0.15) is 5.69 Å². The summed E-state index contributed by atoms with van der Waals surface area (Å²) in [5.74, 6) is -0.148. The minimum Gasteiger partial charge on any atom is -0.384 e. The molecule has 2 aliphatic heterocycles. The lowest BCUT2D eigenvalue weighted by Gasteiger charge is -2.41. The van der Waals surface area contributed by atoms with Gasteiger partial charge in [0, 0.05) is 38.4 Å². The van der Waals surface area contributed by atoms with Gasteiger partial charge in [-0.25, -0.2) is 12.7 Å². The van der Waals surface area contributed by atoms with Crippen LogP contribution in [0.3, 0.4) is 0 Å². The van der Waals surface area contributed by atoms with Crippen LogP contribution in [0.1, 0.15) is 24.5 Å². The Hall–Kier alpha value is -1.71. The molecule has 1 aromatic rings. The number of hydrogen-bond donors (Lipinski definition) is 1. The molecule has 2 aliphatic rings. The highest BCUT2D eigenvalue weighted by molar-refractivity contribution is 7.88. The number of rotatable bonds is 5. The number of ether oxygens (including phenoxy) is 1. The number of sulfonamides is 1. The maximum Gasteiger partial charge on any atom is 0.274 e. The van der Waals surface area contributed by atoms with Crippen molar-refractivity contribution in [2.24, 2.45) is 5.92 Å². The molecule has 3 rings (SSSR count). The van der Waals surface area contributed by atoms with E-state index in [9.17, 15) is 18.0 Å². The Morgan fingerprint density at radius 2 is 2.08 bits per heavy atom. The Morgan fingerprint density at radius 3 is 2.76 bits per heavy atom. The fourth-order valence-electron chi connectivity index (χ4n) is 3.68. The summed E-state index contributed by atoms with van der Waals surface area (Å²) in [6.45, 7) is 1.60. The molecule has 1 fully saturated rings. The van der Waals surface area contributed by atoms with Gasteiger partial charge in [0.2, 0.25) is 15.9 Å². The van der Waals surface area contributed by atoms with Gasteiger partial charge in [-0.2, -0.15) is 0 Å². The molecular formula is C16H23N3O5S. The van der Waals surface area contributed by atoms with E-state index in [0.717, 1.165) is 12.1 Å². The Kier molecular flexibility index (Phi) is 4.99. The number of aromatic nitrogens is 1. The van der Waals surface area contributed by atoms with Crippen molar-refractivity contribution in [2.45, 2.75) is 25.3 Å². The van der Waals surface area contributed by atoms with Crippen molar-refractivity contribution in [3.05, 3.63) is 28.2 Å². The van der Waals surface area contributed by atoms with E-state index in [4.69, 9.17) is 4.74 Å². The molecule has 0 aromatic carbocycles. The van der Waals surface area contributed by atoms with Gasteiger partial charge in [-0.15, -0.1) is 0 Å². The SMILES string of the molecule is COCCC(=O)Nc1ccc2n(c1=O)C[C@H]1C[C@@H]2CN(S(C)(=O)=O)C1. The highest BCUT2D eigenvalue weighted by Gasteiger charge is 2.37. The van der Waals surface area contributed by atoms with Crippen molar-refractivity contribution in [1.29, 1.82) is 0 Å². The second-order valence-corrected chi connectivity index (χ2v) is 8.74. The summed E-state index contributed by atoms with van der Waals surface area (Å²) in [5, 5.41) is 2.64. The van der Waals surface area contributed by atoms with E-state index in [1.54, 1.807) is 10.6 Å². The summed E-state index contributed by atoms with van der Waals surface area (Å²) in [7, 11) is -1.72. The summed E-state index contributed by atoms with van der Waals surface area (Å²) >= 11 is 0. The maximum atomic E-state index is 12.7. The van der Waals surface area contributed by atoms with Crippen LogP contribution >= 0.6 is 0 Å². The third-order valence-corrected chi connectivity index (χ3v) is 6.08. The Morgan fingerprint density at radius 1 is 1.32 bits per heavy atom. The van der Waals surface area contributed by atoms with E-state index in [1.165, 1.54) is 17.7 Å². The van der Waals surface area contributed by atoms with Gasteiger partial charge in [-0.1, -0.05) is 0 Å². The van der Waals surface area contributed by atoms with Crippen LogP contribution in [0.25, 0.3) is 0 Å². The minimum atomic E-state index is -3.24. The van der Waals surface area contributed by atoms with Crippen LogP contribution in [0.2, 0.25) is 0 Å². The summed E-state index contributed by atoms with van der Waals surface area (Å²) in [6.07, 6.45) is 2.29. The highest BCUT2D eigenvalue weighted by atomic mass is 32.2. The van der Waals surface area contributed by atoms with E-state index in [2.05, 4.69) is 5.32 Å². The molecule has 0 saturated carbocycles. The van der Waals surface area contributed by atoms with Crippen LogP contribution in [0.5, 0.6) is 0 Å². The quantitative estimate of drug-likeness (QED) is 0.800. The number of nitrogens with one attached hydrogen (secondary N) is 1. The fourth-order valence-corrected chi connectivity index (χ4v) is 4.61. The number of methoxy groups -OCH3 is 1. The first-order valence-electron chi connectivity index (χ1n) is 8.27. The monoisotopic (exact) mass is 369 g/mol. The number of pyridine rings is 1. The van der Waals surface area contributed by atoms with Gasteiger partial charge in [-0.3, -0.25) is 9.59 Å². The van der Waals surface area contributed by atoms with Crippen molar-refractivity contribution >= 4 is 21.6 Å². The zero-order chi connectivity index (χ0) is 18.2. The van der Waals surface area contributed by atoms with Crippen molar-refractivity contribution in [3.8, 4) is 0 Å². The van der Waals surface area contributed by atoms with E-state index in [-0.39, 0.29) is 35.4 Å². The molecule has 2 bridgehead atoms. The predicted octanol–water partition coefficient (Wildman–Crippen LogP) is 0.202. The van der Waals surface area contributed by atoms with Crippen molar-refractivity contribution < 1.29 is 17.9 Å². The van der Waals surface area contributed by atoms with Crippen LogP contribution in [0, 0.1) is 5.92 Å². The number of fused-ring (bicyclic) bond motifs is 4. The van der Waals surface area contributed by atoms with E-state index in [1.807, 2.05) is 6.07 Å². The summed E-state index contributed by atoms with van der Waals surface area (Å²) in [6, 6.07) is 3.43. The average molecular weight is 369 g/mol. The molecule has 25 heavy (non-hydrogen) atoms. The van der Waals surface area contributed by atoms with Gasteiger partial charge in [-0.05, 0) is 24.5 Å². The smallest absolute Gasteiger partial charge is 0.274 e. The second kappa shape index (κ2) is 6.89. The molecule has 0 spiro atoms. The molecule has 8 nitrogen and oxygen atoms in total. The second-order valence-electron chi connectivity index (χ2n) is 6.76. The van der Waals surface area contributed by atoms with E-state index < -0.39 is 10.0 Å². The lowest BCUT2D eigenvalue weighted by atomic mass is 9.84. The van der Waals surface area contributed by atoms with Crippen molar-refractivity contribution in [2.75, 3.05) is 38.4 Å². The van der Waals surface area contributed by atoms with Crippen molar-refractivity contribution in [3.63, 3.8) is 0 Å². The third kappa shape index (κ3) is 3.78. The fraction of sp³-hybridized carbons (Fsp3) is 0.625. The normalized spacial score (nSPS) is 23.1. The first kappa shape index (κ1) is 18.1. The topological polar surface area (TPSA) is 97.7 Å². The number of anilines is 1. The standard InChI is InChI=1S/C16H23N3O5S/c1-24-6-5-15(20)17-13-3-4-14-12-7-11(9-19(14)16(13)21)8-18(10-12)25(2,22)23/h3-4,11-12H,5-10H2,1-2H3,(H,17,20)/t11-,12+/m0/s1. The number of amides is 1. The maximum absolute atomic E-state index is 12.7. The summed E-state index contributed by atoms with van der Waals surface area (Å²) in [5.41, 5.74) is 0.861. The molecule has 1 saturated heterocycles. The number of nitrogens with zero attached hydrogens (tertiary/aromatic N) is 2. The molecule has 138 valence electrons.